The number of carbonyl (C=O) groups excluding carboxylic acids is 1. The lowest BCUT2D eigenvalue weighted by Crippen LogP contribution is -2.06. The molecule has 0 fully saturated rings. The minimum absolute atomic E-state index is 0.241. The van der Waals surface area contributed by atoms with Crippen molar-refractivity contribution in [3.8, 4) is 0 Å². The Kier molecular flexibility index (Phi) is 5.66. The first-order valence-corrected chi connectivity index (χ1v) is 7.60. The van der Waals surface area contributed by atoms with Crippen LogP contribution in [0.25, 0.3) is 0 Å². The van der Waals surface area contributed by atoms with Gasteiger partial charge in [-0.1, -0.05) is 42.5 Å². The molecule has 2 rings (SSSR count). The van der Waals surface area contributed by atoms with E-state index < -0.39 is 11.1 Å². The van der Waals surface area contributed by atoms with Gasteiger partial charge in [-0.3, -0.25) is 9.00 Å². The SMILES string of the molecule is O=C(CCc1ccc(S(=O)[O-])cc1)OCc1ccccc1. The van der Waals surface area contributed by atoms with Gasteiger partial charge in [-0.25, -0.2) is 0 Å². The number of rotatable bonds is 6. The predicted octanol–water partition coefficient (Wildman–Crippen LogP) is 2.60. The lowest BCUT2D eigenvalue weighted by atomic mass is 10.1. The first kappa shape index (κ1) is 15.4. The monoisotopic (exact) mass is 303 g/mol. The maximum Gasteiger partial charge on any atom is 0.306 e. The quantitative estimate of drug-likeness (QED) is 0.607. The van der Waals surface area contributed by atoms with Gasteiger partial charge in [-0.05, 0) is 40.8 Å². The van der Waals surface area contributed by atoms with Crippen LogP contribution in [0.3, 0.4) is 0 Å². The highest BCUT2D eigenvalue weighted by atomic mass is 32.2. The van der Waals surface area contributed by atoms with Crippen molar-refractivity contribution in [2.75, 3.05) is 0 Å². The summed E-state index contributed by atoms with van der Waals surface area (Å²) in [6.07, 6.45) is 0.798. The lowest BCUT2D eigenvalue weighted by Gasteiger charge is -2.07. The van der Waals surface area contributed by atoms with Crippen LogP contribution in [0.5, 0.6) is 0 Å². The smallest absolute Gasteiger partial charge is 0.306 e. The number of esters is 1. The topological polar surface area (TPSA) is 66.4 Å². The Morgan fingerprint density at radius 2 is 1.67 bits per heavy atom. The van der Waals surface area contributed by atoms with Crippen LogP contribution in [0.2, 0.25) is 0 Å². The Bertz CT molecular complexity index is 608. The molecular formula is C16H15O4S-. The highest BCUT2D eigenvalue weighted by molar-refractivity contribution is 7.79. The number of hydrogen-bond acceptors (Lipinski definition) is 4. The standard InChI is InChI=1S/C16H16O4S/c17-16(20-12-14-4-2-1-3-5-14)11-8-13-6-9-15(10-7-13)21(18)19/h1-7,9-10H,8,11-12H2,(H,18,19)/p-1. The Balaban J connectivity index is 1.77. The summed E-state index contributed by atoms with van der Waals surface area (Å²) < 4.78 is 26.6. The van der Waals surface area contributed by atoms with Crippen LogP contribution in [0.1, 0.15) is 17.5 Å². The second-order valence-corrected chi connectivity index (χ2v) is 5.47. The van der Waals surface area contributed by atoms with E-state index in [0.29, 0.717) is 6.42 Å². The molecule has 0 aromatic heterocycles. The molecule has 0 N–H and O–H groups in total. The molecule has 0 aliphatic carbocycles. The Labute approximate surface area is 126 Å². The van der Waals surface area contributed by atoms with Gasteiger partial charge in [0.1, 0.15) is 6.61 Å². The van der Waals surface area contributed by atoms with Gasteiger partial charge in [0.25, 0.3) is 0 Å². The first-order valence-electron chi connectivity index (χ1n) is 6.53. The van der Waals surface area contributed by atoms with Crippen LogP contribution in [-0.2, 0) is 33.6 Å². The van der Waals surface area contributed by atoms with Gasteiger partial charge in [0, 0.05) is 11.3 Å². The molecular weight excluding hydrogens is 288 g/mol. The highest BCUT2D eigenvalue weighted by Gasteiger charge is 2.04. The van der Waals surface area contributed by atoms with Crippen molar-refractivity contribution < 1.29 is 18.3 Å². The summed E-state index contributed by atoms with van der Waals surface area (Å²) in [6, 6.07) is 15.9. The summed E-state index contributed by atoms with van der Waals surface area (Å²) in [4.78, 5) is 11.9. The Morgan fingerprint density at radius 3 is 2.29 bits per heavy atom. The summed E-state index contributed by atoms with van der Waals surface area (Å²) in [7, 11) is 0. The van der Waals surface area contributed by atoms with Crippen molar-refractivity contribution in [2.45, 2.75) is 24.3 Å². The minimum atomic E-state index is -2.22. The van der Waals surface area contributed by atoms with Gasteiger partial charge in [-0.15, -0.1) is 0 Å². The van der Waals surface area contributed by atoms with Crippen LogP contribution in [0, 0.1) is 0 Å². The van der Waals surface area contributed by atoms with Crippen molar-refractivity contribution >= 4 is 17.0 Å². The average Bonchev–Trinajstić information content (AvgIpc) is 2.52. The number of benzene rings is 2. The molecule has 0 amide bonds. The van der Waals surface area contributed by atoms with Gasteiger partial charge in [0.15, 0.2) is 0 Å². The fourth-order valence-electron chi connectivity index (χ4n) is 1.82. The molecule has 0 radical (unpaired) electrons. The number of ether oxygens (including phenoxy) is 1. The minimum Gasteiger partial charge on any atom is -0.768 e. The van der Waals surface area contributed by atoms with E-state index in [4.69, 9.17) is 4.74 Å². The molecule has 1 unspecified atom stereocenters. The molecule has 110 valence electrons. The molecule has 21 heavy (non-hydrogen) atoms. The molecule has 0 spiro atoms. The molecule has 1 atom stereocenters. The van der Waals surface area contributed by atoms with E-state index in [-0.39, 0.29) is 23.9 Å². The van der Waals surface area contributed by atoms with E-state index >= 15 is 0 Å². The number of carbonyl (C=O) groups is 1. The molecule has 5 heteroatoms. The summed E-state index contributed by atoms with van der Waals surface area (Å²) in [5, 5.41) is 0. The zero-order valence-corrected chi connectivity index (χ0v) is 12.2. The average molecular weight is 303 g/mol. The van der Waals surface area contributed by atoms with Crippen molar-refractivity contribution in [1.29, 1.82) is 0 Å². The first-order chi connectivity index (χ1) is 10.1. The zero-order valence-electron chi connectivity index (χ0n) is 11.4. The molecule has 2 aromatic rings. The molecule has 0 saturated heterocycles. The molecule has 0 saturated carbocycles. The van der Waals surface area contributed by atoms with Gasteiger partial charge in [0.05, 0.1) is 0 Å². The second kappa shape index (κ2) is 7.71. The zero-order chi connectivity index (χ0) is 15.1. The summed E-state index contributed by atoms with van der Waals surface area (Å²) in [5.41, 5.74) is 1.86. The molecule has 0 aliphatic heterocycles. The van der Waals surface area contributed by atoms with E-state index in [1.807, 2.05) is 30.3 Å². The largest absolute Gasteiger partial charge is 0.768 e. The summed E-state index contributed by atoms with van der Waals surface area (Å²) in [6.45, 7) is 0.272. The fourth-order valence-corrected chi connectivity index (χ4v) is 2.18. The van der Waals surface area contributed by atoms with Gasteiger partial charge in [0.2, 0.25) is 0 Å². The predicted molar refractivity (Wildman–Crippen MR) is 78.2 cm³/mol. The summed E-state index contributed by atoms with van der Waals surface area (Å²) in [5.74, 6) is -0.268. The van der Waals surface area contributed by atoms with Crippen LogP contribution in [-0.4, -0.2) is 14.7 Å². The van der Waals surface area contributed by atoms with Crippen molar-refractivity contribution in [3.05, 3.63) is 65.7 Å². The fraction of sp³-hybridized carbons (Fsp3) is 0.188. The second-order valence-electron chi connectivity index (χ2n) is 4.52. The third-order valence-electron chi connectivity index (χ3n) is 2.98. The third kappa shape index (κ3) is 5.13. The Hall–Kier alpha value is -1.98. The normalized spacial score (nSPS) is 11.9. The molecule has 0 bridgehead atoms. The maximum absolute atomic E-state index is 11.6. The van der Waals surface area contributed by atoms with Crippen LogP contribution in [0.15, 0.2) is 59.5 Å². The van der Waals surface area contributed by atoms with Crippen molar-refractivity contribution in [3.63, 3.8) is 0 Å². The third-order valence-corrected chi connectivity index (χ3v) is 3.63. The van der Waals surface area contributed by atoms with Gasteiger partial charge in [-0.2, -0.15) is 0 Å². The highest BCUT2D eigenvalue weighted by Crippen LogP contribution is 2.10. The van der Waals surface area contributed by atoms with Gasteiger partial charge < -0.3 is 9.29 Å². The molecule has 2 aromatic carbocycles. The number of hydrogen-bond donors (Lipinski definition) is 0. The maximum atomic E-state index is 11.6. The van der Waals surface area contributed by atoms with E-state index in [1.165, 1.54) is 12.1 Å². The van der Waals surface area contributed by atoms with Crippen molar-refractivity contribution in [2.24, 2.45) is 0 Å². The number of aryl methyl sites for hydroxylation is 1. The Morgan fingerprint density at radius 1 is 1.00 bits per heavy atom. The van der Waals surface area contributed by atoms with E-state index in [9.17, 15) is 13.6 Å². The molecule has 4 nitrogen and oxygen atoms in total. The van der Waals surface area contributed by atoms with Gasteiger partial charge >= 0.3 is 5.97 Å². The molecule has 0 heterocycles. The van der Waals surface area contributed by atoms with E-state index in [1.54, 1.807) is 12.1 Å². The summed E-state index contributed by atoms with van der Waals surface area (Å²) >= 11 is -2.22. The lowest BCUT2D eigenvalue weighted by molar-refractivity contribution is -0.144. The van der Waals surface area contributed by atoms with Crippen LogP contribution < -0.4 is 0 Å². The van der Waals surface area contributed by atoms with E-state index in [2.05, 4.69) is 0 Å². The van der Waals surface area contributed by atoms with Crippen LogP contribution >= 0.6 is 0 Å². The van der Waals surface area contributed by atoms with Crippen molar-refractivity contribution in [1.82, 2.24) is 0 Å². The van der Waals surface area contributed by atoms with E-state index in [0.717, 1.165) is 11.1 Å². The molecule has 0 aliphatic rings. The van der Waals surface area contributed by atoms with Crippen LogP contribution in [0.4, 0.5) is 0 Å².